The van der Waals surface area contributed by atoms with Crippen LogP contribution in [0.25, 0.3) is 0 Å². The minimum Gasteiger partial charge on any atom is -0.373 e. The van der Waals surface area contributed by atoms with Gasteiger partial charge in [0.25, 0.3) is 0 Å². The molecular formula is C19H29NO. The molecule has 3 atom stereocenters. The van der Waals surface area contributed by atoms with Gasteiger partial charge in [0.15, 0.2) is 0 Å². The van der Waals surface area contributed by atoms with Crippen LogP contribution >= 0.6 is 0 Å². The number of hydrogen-bond donors (Lipinski definition) is 1. The Morgan fingerprint density at radius 3 is 2.71 bits per heavy atom. The number of aryl methyl sites for hydroxylation is 2. The van der Waals surface area contributed by atoms with E-state index < -0.39 is 0 Å². The van der Waals surface area contributed by atoms with Crippen molar-refractivity contribution in [3.63, 3.8) is 0 Å². The summed E-state index contributed by atoms with van der Waals surface area (Å²) in [6.45, 7) is 5.49. The first-order valence-electron chi connectivity index (χ1n) is 8.78. The lowest BCUT2D eigenvalue weighted by atomic mass is 9.88. The summed E-state index contributed by atoms with van der Waals surface area (Å²) in [6.07, 6.45) is 9.52. The topological polar surface area (TPSA) is 21.3 Å². The van der Waals surface area contributed by atoms with Crippen LogP contribution in [0.15, 0.2) is 18.2 Å². The third kappa shape index (κ3) is 3.49. The first-order valence-corrected chi connectivity index (χ1v) is 8.78. The monoisotopic (exact) mass is 287 g/mol. The van der Waals surface area contributed by atoms with Gasteiger partial charge in [-0.3, -0.25) is 0 Å². The van der Waals surface area contributed by atoms with E-state index in [4.69, 9.17) is 4.74 Å². The summed E-state index contributed by atoms with van der Waals surface area (Å²) in [5.41, 5.74) is 4.58. The first kappa shape index (κ1) is 15.1. The van der Waals surface area contributed by atoms with Crippen LogP contribution in [0.3, 0.4) is 0 Å². The van der Waals surface area contributed by atoms with Gasteiger partial charge in [-0.15, -0.1) is 0 Å². The lowest BCUT2D eigenvalue weighted by Crippen LogP contribution is -2.33. The van der Waals surface area contributed by atoms with E-state index in [2.05, 4.69) is 37.4 Å². The molecule has 2 heteroatoms. The zero-order valence-corrected chi connectivity index (χ0v) is 13.5. The highest BCUT2D eigenvalue weighted by Crippen LogP contribution is 2.32. The van der Waals surface area contributed by atoms with Gasteiger partial charge in [0.05, 0.1) is 18.2 Å². The summed E-state index contributed by atoms with van der Waals surface area (Å²) in [5.74, 6) is 0. The molecule has 1 N–H and O–H groups in total. The van der Waals surface area contributed by atoms with Crippen molar-refractivity contribution in [2.75, 3.05) is 6.54 Å². The smallest absolute Gasteiger partial charge is 0.0774 e. The molecule has 1 aromatic carbocycles. The second kappa shape index (κ2) is 6.93. The van der Waals surface area contributed by atoms with Crippen molar-refractivity contribution in [1.29, 1.82) is 0 Å². The molecule has 21 heavy (non-hydrogen) atoms. The standard InChI is InChI=1S/C19H29NO/c1-3-12-20-19(18-11-8-14(2)21-18)17-10-9-15-6-4-5-7-16(15)13-17/h9-10,13-14,18-20H,3-8,11-12H2,1-2H3. The van der Waals surface area contributed by atoms with Crippen molar-refractivity contribution in [2.45, 2.75) is 77.0 Å². The van der Waals surface area contributed by atoms with Crippen LogP contribution in [-0.4, -0.2) is 18.8 Å². The zero-order valence-electron chi connectivity index (χ0n) is 13.5. The molecule has 3 unspecified atom stereocenters. The molecule has 2 aliphatic rings. The fourth-order valence-corrected chi connectivity index (χ4v) is 3.79. The van der Waals surface area contributed by atoms with Crippen LogP contribution in [0.4, 0.5) is 0 Å². The highest BCUT2D eigenvalue weighted by atomic mass is 16.5. The number of nitrogens with one attached hydrogen (secondary N) is 1. The maximum absolute atomic E-state index is 6.16. The van der Waals surface area contributed by atoms with Crippen molar-refractivity contribution < 1.29 is 4.74 Å². The van der Waals surface area contributed by atoms with Crippen LogP contribution < -0.4 is 5.32 Å². The molecule has 0 spiro atoms. The van der Waals surface area contributed by atoms with Crippen molar-refractivity contribution in [3.8, 4) is 0 Å². The third-order valence-electron chi connectivity index (χ3n) is 4.98. The molecule has 1 heterocycles. The molecule has 0 radical (unpaired) electrons. The summed E-state index contributed by atoms with van der Waals surface area (Å²) >= 11 is 0. The molecular weight excluding hydrogens is 258 g/mol. The zero-order chi connectivity index (χ0) is 14.7. The van der Waals surface area contributed by atoms with Crippen LogP contribution in [-0.2, 0) is 17.6 Å². The van der Waals surface area contributed by atoms with Gasteiger partial charge in [0.2, 0.25) is 0 Å². The largest absolute Gasteiger partial charge is 0.373 e. The minimum absolute atomic E-state index is 0.341. The van der Waals surface area contributed by atoms with Gasteiger partial charge in [0, 0.05) is 0 Å². The average molecular weight is 287 g/mol. The number of hydrogen-bond acceptors (Lipinski definition) is 2. The van der Waals surface area contributed by atoms with E-state index >= 15 is 0 Å². The highest BCUT2D eigenvalue weighted by molar-refractivity contribution is 5.35. The molecule has 116 valence electrons. The van der Waals surface area contributed by atoms with Gasteiger partial charge in [-0.1, -0.05) is 25.1 Å². The summed E-state index contributed by atoms with van der Waals surface area (Å²) in [5, 5.41) is 3.73. The van der Waals surface area contributed by atoms with Crippen molar-refractivity contribution in [3.05, 3.63) is 34.9 Å². The van der Waals surface area contributed by atoms with Crippen molar-refractivity contribution in [2.24, 2.45) is 0 Å². The Morgan fingerprint density at radius 1 is 1.19 bits per heavy atom. The first-order chi connectivity index (χ1) is 10.3. The number of benzene rings is 1. The van der Waals surface area contributed by atoms with E-state index in [1.54, 1.807) is 11.1 Å². The molecule has 0 saturated carbocycles. The van der Waals surface area contributed by atoms with Gasteiger partial charge in [-0.2, -0.15) is 0 Å². The minimum atomic E-state index is 0.341. The summed E-state index contributed by atoms with van der Waals surface area (Å²) in [6, 6.07) is 7.52. The molecule has 1 aromatic rings. The lowest BCUT2D eigenvalue weighted by molar-refractivity contribution is 0.0316. The van der Waals surface area contributed by atoms with E-state index in [1.807, 2.05) is 0 Å². The molecule has 2 nitrogen and oxygen atoms in total. The van der Waals surface area contributed by atoms with Crippen LogP contribution in [0.2, 0.25) is 0 Å². The number of rotatable bonds is 5. The summed E-state index contributed by atoms with van der Waals surface area (Å²) in [7, 11) is 0. The van der Waals surface area contributed by atoms with Gasteiger partial charge in [-0.25, -0.2) is 0 Å². The van der Waals surface area contributed by atoms with Gasteiger partial charge < -0.3 is 10.1 Å². The number of ether oxygens (including phenoxy) is 1. The van der Waals surface area contributed by atoms with Crippen LogP contribution in [0.5, 0.6) is 0 Å². The SMILES string of the molecule is CCCNC(c1ccc2c(c1)CCCC2)C1CCC(C)O1. The summed E-state index contributed by atoms with van der Waals surface area (Å²) in [4.78, 5) is 0. The third-order valence-corrected chi connectivity index (χ3v) is 4.98. The van der Waals surface area contributed by atoms with E-state index in [0.29, 0.717) is 18.2 Å². The molecule has 0 bridgehead atoms. The summed E-state index contributed by atoms with van der Waals surface area (Å²) < 4.78 is 6.16. The van der Waals surface area contributed by atoms with E-state index in [1.165, 1.54) is 50.5 Å². The Kier molecular flexibility index (Phi) is 4.97. The van der Waals surface area contributed by atoms with E-state index in [9.17, 15) is 0 Å². The fourth-order valence-electron chi connectivity index (χ4n) is 3.79. The second-order valence-corrected chi connectivity index (χ2v) is 6.73. The molecule has 1 fully saturated rings. The number of fused-ring (bicyclic) bond motifs is 1. The van der Waals surface area contributed by atoms with Crippen molar-refractivity contribution >= 4 is 0 Å². The maximum Gasteiger partial charge on any atom is 0.0774 e. The molecule has 3 rings (SSSR count). The van der Waals surface area contributed by atoms with Gasteiger partial charge >= 0.3 is 0 Å². The maximum atomic E-state index is 6.16. The molecule has 1 aliphatic carbocycles. The molecule has 0 aromatic heterocycles. The van der Waals surface area contributed by atoms with Gasteiger partial charge in [-0.05, 0) is 75.1 Å². The Labute approximate surface area is 129 Å². The fraction of sp³-hybridized carbons (Fsp3) is 0.684. The Hall–Kier alpha value is -0.860. The predicted molar refractivity (Wildman–Crippen MR) is 87.7 cm³/mol. The molecule has 0 amide bonds. The quantitative estimate of drug-likeness (QED) is 0.877. The predicted octanol–water partition coefficient (Wildman–Crippen LogP) is 4.17. The average Bonchev–Trinajstić information content (AvgIpc) is 2.94. The second-order valence-electron chi connectivity index (χ2n) is 6.73. The van der Waals surface area contributed by atoms with Crippen LogP contribution in [0, 0.1) is 0 Å². The van der Waals surface area contributed by atoms with Crippen molar-refractivity contribution in [1.82, 2.24) is 5.32 Å². The van der Waals surface area contributed by atoms with Crippen LogP contribution in [0.1, 0.15) is 68.7 Å². The Bertz CT molecular complexity index is 471. The van der Waals surface area contributed by atoms with Gasteiger partial charge in [0.1, 0.15) is 0 Å². The molecule has 1 aliphatic heterocycles. The normalized spacial score (nSPS) is 26.6. The Morgan fingerprint density at radius 2 is 2.00 bits per heavy atom. The lowest BCUT2D eigenvalue weighted by Gasteiger charge is -2.27. The van der Waals surface area contributed by atoms with E-state index in [0.717, 1.165) is 6.54 Å². The molecule has 1 saturated heterocycles. The highest BCUT2D eigenvalue weighted by Gasteiger charge is 2.30. The van der Waals surface area contributed by atoms with E-state index in [-0.39, 0.29) is 0 Å². The Balaban J connectivity index is 1.81.